The van der Waals surface area contributed by atoms with Crippen LogP contribution in [-0.2, 0) is 12.8 Å². The van der Waals surface area contributed by atoms with E-state index in [0.717, 1.165) is 71.0 Å². The molecule has 0 bridgehead atoms. The van der Waals surface area contributed by atoms with Gasteiger partial charge in [0.15, 0.2) is 5.06 Å². The topological polar surface area (TPSA) is 118 Å². The summed E-state index contributed by atoms with van der Waals surface area (Å²) in [4.78, 5) is 11.1. The highest BCUT2D eigenvalue weighted by molar-refractivity contribution is 9.10. The first kappa shape index (κ1) is 32.9. The minimum atomic E-state index is 0.491. The van der Waals surface area contributed by atoms with Crippen LogP contribution in [-0.4, -0.2) is 37.5 Å². The largest absolute Gasteiger partial charge is 0.487 e. The van der Waals surface area contributed by atoms with Crippen molar-refractivity contribution in [1.29, 1.82) is 0 Å². The van der Waals surface area contributed by atoms with Crippen molar-refractivity contribution in [3.63, 3.8) is 0 Å². The first-order valence-electron chi connectivity index (χ1n) is 13.1. The monoisotopic (exact) mass is 761 g/mol. The summed E-state index contributed by atoms with van der Waals surface area (Å²) in [7, 11) is 1.69. The van der Waals surface area contributed by atoms with Crippen LogP contribution >= 0.6 is 66.1 Å². The average Bonchev–Trinajstić information content (AvgIpc) is 3.76. The number of pyridine rings is 2. The van der Waals surface area contributed by atoms with Gasteiger partial charge in [-0.3, -0.25) is 10.2 Å². The fourth-order valence-electron chi connectivity index (χ4n) is 3.95. The van der Waals surface area contributed by atoms with Crippen LogP contribution < -0.4 is 10.5 Å². The van der Waals surface area contributed by atoms with E-state index < -0.39 is 0 Å². The number of halogens is 3. The molecule has 0 radical (unpaired) electrons. The minimum Gasteiger partial charge on any atom is -0.487 e. The number of anilines is 1. The SMILES string of the molecule is COc1ccc(C)s1.Cc1cc(-c2cc(CCc3ccc(Cl)s3)[nH]n2)cc(Br)n1.Cc1cc(-c2cc(N)n[nH]2)cc(Br)n1. The molecule has 6 aromatic heterocycles. The fraction of sp³-hybridized carbons (Fsp3) is 0.200. The molecule has 0 unspecified atom stereocenters. The number of rotatable bonds is 6. The Bertz CT molecular complexity index is 1740. The van der Waals surface area contributed by atoms with Gasteiger partial charge >= 0.3 is 0 Å². The zero-order valence-electron chi connectivity index (χ0n) is 23.9. The number of thiophene rings is 2. The van der Waals surface area contributed by atoms with Crippen molar-refractivity contribution in [2.45, 2.75) is 33.6 Å². The molecule has 0 amide bonds. The molecule has 8 nitrogen and oxygen atoms in total. The maximum Gasteiger partial charge on any atom is 0.173 e. The smallest absolute Gasteiger partial charge is 0.173 e. The Morgan fingerprint density at radius 2 is 1.51 bits per heavy atom. The van der Waals surface area contributed by atoms with Gasteiger partial charge in [0.05, 0.1) is 22.8 Å². The Morgan fingerprint density at radius 3 is 2.05 bits per heavy atom. The Labute approximate surface area is 280 Å². The molecule has 0 atom stereocenters. The lowest BCUT2D eigenvalue weighted by atomic mass is 10.1. The summed E-state index contributed by atoms with van der Waals surface area (Å²) in [6.45, 7) is 5.98. The summed E-state index contributed by atoms with van der Waals surface area (Å²) in [6, 6.07) is 19.8. The molecule has 6 heterocycles. The number of nitrogen functional groups attached to an aromatic ring is 1. The number of hydrogen-bond acceptors (Lipinski definition) is 8. The van der Waals surface area contributed by atoms with E-state index in [0.29, 0.717) is 5.82 Å². The second kappa shape index (κ2) is 15.6. The molecule has 6 rings (SSSR count). The maximum absolute atomic E-state index is 5.94. The number of hydrogen-bond donors (Lipinski definition) is 3. The van der Waals surface area contributed by atoms with E-state index in [1.807, 2.05) is 56.3 Å². The molecule has 6 aromatic rings. The summed E-state index contributed by atoms with van der Waals surface area (Å²) in [5.74, 6) is 0.491. The van der Waals surface area contributed by atoms with Gasteiger partial charge in [-0.05, 0) is 120 Å². The number of nitrogens with two attached hydrogens (primary N) is 1. The third-order valence-corrected chi connectivity index (χ3v) is 8.93. The van der Waals surface area contributed by atoms with Crippen LogP contribution in [0.1, 0.15) is 26.8 Å². The third kappa shape index (κ3) is 10.3. The summed E-state index contributed by atoms with van der Waals surface area (Å²) < 4.78 is 7.43. The Hall–Kier alpha value is -3.03. The van der Waals surface area contributed by atoms with E-state index in [4.69, 9.17) is 22.1 Å². The number of H-pyrrole nitrogens is 2. The molecule has 13 heteroatoms. The van der Waals surface area contributed by atoms with Gasteiger partial charge in [-0.1, -0.05) is 11.6 Å². The number of aromatic amines is 2. The average molecular weight is 764 g/mol. The van der Waals surface area contributed by atoms with Crippen LogP contribution in [0.4, 0.5) is 5.82 Å². The summed E-state index contributed by atoms with van der Waals surface area (Å²) in [5.41, 5.74) is 12.5. The van der Waals surface area contributed by atoms with E-state index >= 15 is 0 Å². The highest BCUT2D eigenvalue weighted by atomic mass is 79.9. The first-order chi connectivity index (χ1) is 20.6. The highest BCUT2D eigenvalue weighted by Crippen LogP contribution is 2.25. The van der Waals surface area contributed by atoms with E-state index in [9.17, 15) is 0 Å². The maximum atomic E-state index is 5.94. The van der Waals surface area contributed by atoms with Crippen molar-refractivity contribution in [3.05, 3.63) is 101 Å². The van der Waals surface area contributed by atoms with Gasteiger partial charge in [0.2, 0.25) is 0 Å². The standard InChI is InChI=1S/C15H13BrClN3S.C9H9BrN4.C6H8OS/c1-9-6-10(7-14(16)18-9)13-8-11(19-20-13)2-3-12-4-5-15(17)21-12;1-5-2-6(3-8(10)12-5)7-4-9(11)14-13-7;1-5-3-4-6(7-2)8-5/h4-8H,2-3H2,1H3,(H,19,20);2-4H,1H3,(H3,11,13,14);3-4H,1-2H3. The lowest BCUT2D eigenvalue weighted by molar-refractivity contribution is 0.427. The summed E-state index contributed by atoms with van der Waals surface area (Å²) >= 11 is 16.0. The number of nitrogens with zero attached hydrogens (tertiary/aromatic N) is 4. The number of ether oxygens (including phenoxy) is 1. The van der Waals surface area contributed by atoms with E-state index in [1.165, 1.54) is 9.75 Å². The molecule has 4 N–H and O–H groups in total. The molecule has 0 saturated carbocycles. The van der Waals surface area contributed by atoms with Crippen molar-refractivity contribution in [2.75, 3.05) is 12.8 Å². The Kier molecular flexibility index (Phi) is 11.9. The third-order valence-electron chi connectivity index (χ3n) is 5.87. The van der Waals surface area contributed by atoms with Crippen LogP contribution in [0.3, 0.4) is 0 Å². The molecule has 43 heavy (non-hydrogen) atoms. The molecule has 0 aliphatic carbocycles. The first-order valence-corrected chi connectivity index (χ1v) is 16.7. The van der Waals surface area contributed by atoms with E-state index in [-0.39, 0.29) is 0 Å². The van der Waals surface area contributed by atoms with E-state index in [1.54, 1.807) is 35.8 Å². The fourth-order valence-corrected chi connectivity index (χ4v) is 6.76. The van der Waals surface area contributed by atoms with Gasteiger partial charge in [0.25, 0.3) is 0 Å². The zero-order chi connectivity index (χ0) is 30.9. The molecule has 0 saturated heterocycles. The Balaban J connectivity index is 0.000000165. The summed E-state index contributed by atoms with van der Waals surface area (Å²) in [6.07, 6.45) is 1.90. The number of nitrogens with one attached hydrogen (secondary N) is 2. The minimum absolute atomic E-state index is 0.491. The summed E-state index contributed by atoms with van der Waals surface area (Å²) in [5, 5.41) is 15.2. The van der Waals surface area contributed by atoms with Gasteiger partial charge < -0.3 is 10.5 Å². The normalized spacial score (nSPS) is 10.5. The van der Waals surface area contributed by atoms with Gasteiger partial charge in [-0.2, -0.15) is 10.2 Å². The van der Waals surface area contributed by atoms with Gasteiger partial charge in [0, 0.05) is 44.0 Å². The lowest BCUT2D eigenvalue weighted by Gasteiger charge is -1.99. The van der Waals surface area contributed by atoms with Crippen LogP contribution in [0, 0.1) is 20.8 Å². The molecule has 0 aliphatic heterocycles. The van der Waals surface area contributed by atoms with Crippen molar-refractivity contribution >= 4 is 72.0 Å². The predicted molar refractivity (Wildman–Crippen MR) is 185 cm³/mol. The van der Waals surface area contributed by atoms with Gasteiger partial charge in [-0.15, -0.1) is 22.7 Å². The van der Waals surface area contributed by atoms with Crippen LogP contribution in [0.5, 0.6) is 5.06 Å². The van der Waals surface area contributed by atoms with Crippen LogP contribution in [0.25, 0.3) is 22.5 Å². The van der Waals surface area contributed by atoms with Crippen molar-refractivity contribution in [2.24, 2.45) is 0 Å². The number of methoxy groups -OCH3 is 1. The van der Waals surface area contributed by atoms with Crippen molar-refractivity contribution in [1.82, 2.24) is 30.4 Å². The zero-order valence-corrected chi connectivity index (χ0v) is 29.5. The predicted octanol–water partition coefficient (Wildman–Crippen LogP) is 9.23. The van der Waals surface area contributed by atoms with Gasteiger partial charge in [-0.25, -0.2) is 9.97 Å². The lowest BCUT2D eigenvalue weighted by Crippen LogP contribution is -1.88. The van der Waals surface area contributed by atoms with Crippen LogP contribution in [0.15, 0.2) is 69.9 Å². The van der Waals surface area contributed by atoms with E-state index in [2.05, 4.69) is 81.3 Å². The molecule has 0 aromatic carbocycles. The highest BCUT2D eigenvalue weighted by Gasteiger charge is 2.08. The second-order valence-electron chi connectivity index (χ2n) is 9.40. The molecule has 0 spiro atoms. The molecule has 0 fully saturated rings. The molecule has 224 valence electrons. The van der Waals surface area contributed by atoms with Crippen molar-refractivity contribution < 1.29 is 4.74 Å². The number of aromatic nitrogens is 6. The van der Waals surface area contributed by atoms with Crippen molar-refractivity contribution in [3.8, 4) is 27.6 Å². The number of aryl methyl sites for hydroxylation is 5. The van der Waals surface area contributed by atoms with Crippen LogP contribution in [0.2, 0.25) is 4.34 Å². The molecular formula is C30H30Br2ClN7OS2. The molecule has 0 aliphatic rings. The Morgan fingerprint density at radius 1 is 0.814 bits per heavy atom. The molecular weight excluding hydrogens is 734 g/mol. The quantitative estimate of drug-likeness (QED) is 0.146. The second-order valence-corrected chi connectivity index (χ2v) is 14.1. The van der Waals surface area contributed by atoms with Gasteiger partial charge in [0.1, 0.15) is 15.0 Å².